The van der Waals surface area contributed by atoms with Crippen molar-refractivity contribution in [2.75, 3.05) is 31.6 Å². The van der Waals surface area contributed by atoms with Gasteiger partial charge in [0.05, 0.1) is 18.3 Å². The molecule has 1 N–H and O–H groups in total. The van der Waals surface area contributed by atoms with Gasteiger partial charge in [-0.3, -0.25) is 4.90 Å². The van der Waals surface area contributed by atoms with Crippen LogP contribution in [0.4, 0.5) is 20.5 Å². The molecule has 0 bridgehead atoms. The molecule has 204 valence electrons. The van der Waals surface area contributed by atoms with Crippen LogP contribution in [0, 0.1) is 24.0 Å². The Kier molecular flexibility index (Phi) is 6.55. The Morgan fingerprint density at radius 1 is 1.03 bits per heavy atom. The summed E-state index contributed by atoms with van der Waals surface area (Å²) in [5.41, 5.74) is 2.61. The van der Waals surface area contributed by atoms with E-state index >= 15 is 0 Å². The minimum Gasteiger partial charge on any atom is -0.381 e. The summed E-state index contributed by atoms with van der Waals surface area (Å²) >= 11 is 0. The Labute approximate surface area is 226 Å². The SMILES string of the molecule is Cc1nc2c(F)cc(-c3nc(Nc4ccc([C@@H](C)N5CCC6(CCOC6)C5)cn4)ncc3F)cc2n1C(C)C. The third-order valence-electron chi connectivity index (χ3n) is 8.17. The van der Waals surface area contributed by atoms with E-state index in [2.05, 4.69) is 37.1 Å². The van der Waals surface area contributed by atoms with E-state index in [0.717, 1.165) is 44.5 Å². The van der Waals surface area contributed by atoms with Gasteiger partial charge in [-0.05, 0) is 70.8 Å². The van der Waals surface area contributed by atoms with Crippen molar-refractivity contribution >= 4 is 22.8 Å². The van der Waals surface area contributed by atoms with E-state index in [9.17, 15) is 8.78 Å². The number of anilines is 2. The lowest BCUT2D eigenvalue weighted by Crippen LogP contribution is -2.29. The zero-order valence-electron chi connectivity index (χ0n) is 22.7. The average molecular weight is 534 g/mol. The van der Waals surface area contributed by atoms with Gasteiger partial charge in [0, 0.05) is 42.4 Å². The highest BCUT2D eigenvalue weighted by molar-refractivity contribution is 5.83. The van der Waals surface area contributed by atoms with E-state index in [1.807, 2.05) is 43.7 Å². The number of hydrogen-bond donors (Lipinski definition) is 1. The van der Waals surface area contributed by atoms with Crippen molar-refractivity contribution in [3.8, 4) is 11.3 Å². The number of rotatable bonds is 6. The maximum absolute atomic E-state index is 15.0. The number of hydrogen-bond acceptors (Lipinski definition) is 7. The molecule has 2 atom stereocenters. The van der Waals surface area contributed by atoms with Crippen LogP contribution in [0.15, 0.2) is 36.7 Å². The first kappa shape index (κ1) is 25.8. The van der Waals surface area contributed by atoms with Crippen LogP contribution >= 0.6 is 0 Å². The molecular weight excluding hydrogens is 500 g/mol. The zero-order chi connectivity index (χ0) is 27.3. The van der Waals surface area contributed by atoms with Crippen LogP contribution in [0.3, 0.4) is 0 Å². The molecule has 2 saturated heterocycles. The molecule has 0 aliphatic carbocycles. The van der Waals surface area contributed by atoms with Crippen LogP contribution in [-0.2, 0) is 4.74 Å². The molecule has 1 aromatic carbocycles. The molecular formula is C29H33F2N7O. The molecule has 3 aromatic heterocycles. The monoisotopic (exact) mass is 533 g/mol. The van der Waals surface area contributed by atoms with Crippen LogP contribution in [0.1, 0.15) is 57.1 Å². The van der Waals surface area contributed by atoms with Gasteiger partial charge < -0.3 is 14.6 Å². The lowest BCUT2D eigenvalue weighted by molar-refractivity contribution is 0.146. The summed E-state index contributed by atoms with van der Waals surface area (Å²) in [7, 11) is 0. The van der Waals surface area contributed by atoms with E-state index in [1.165, 1.54) is 12.5 Å². The zero-order valence-corrected chi connectivity index (χ0v) is 22.7. The summed E-state index contributed by atoms with van der Waals surface area (Å²) in [4.78, 5) is 19.9. The second-order valence-electron chi connectivity index (χ2n) is 11.1. The van der Waals surface area contributed by atoms with Crippen molar-refractivity contribution in [2.45, 2.75) is 52.6 Å². The maximum Gasteiger partial charge on any atom is 0.229 e. The first-order valence-electron chi connectivity index (χ1n) is 13.5. The highest BCUT2D eigenvalue weighted by atomic mass is 19.1. The van der Waals surface area contributed by atoms with Gasteiger partial charge in [-0.1, -0.05) is 6.07 Å². The van der Waals surface area contributed by atoms with Gasteiger partial charge in [-0.2, -0.15) is 0 Å². The summed E-state index contributed by atoms with van der Waals surface area (Å²) in [6, 6.07) is 7.22. The van der Waals surface area contributed by atoms with Crippen molar-refractivity contribution in [2.24, 2.45) is 5.41 Å². The molecule has 10 heteroatoms. The largest absolute Gasteiger partial charge is 0.381 e. The van der Waals surface area contributed by atoms with E-state index in [-0.39, 0.29) is 29.2 Å². The van der Waals surface area contributed by atoms with Gasteiger partial charge in [0.2, 0.25) is 5.95 Å². The summed E-state index contributed by atoms with van der Waals surface area (Å²) in [5.74, 6) is 0.257. The number of pyridine rings is 1. The lowest BCUT2D eigenvalue weighted by Gasteiger charge is -2.27. The second kappa shape index (κ2) is 9.91. The predicted octanol–water partition coefficient (Wildman–Crippen LogP) is 5.97. The van der Waals surface area contributed by atoms with Crippen LogP contribution in [0.25, 0.3) is 22.3 Å². The van der Waals surface area contributed by atoms with E-state index in [1.54, 1.807) is 6.07 Å². The number of aromatic nitrogens is 5. The van der Waals surface area contributed by atoms with Gasteiger partial charge in [-0.25, -0.2) is 28.7 Å². The lowest BCUT2D eigenvalue weighted by atomic mass is 9.87. The van der Waals surface area contributed by atoms with Crippen molar-refractivity contribution in [1.29, 1.82) is 0 Å². The Morgan fingerprint density at radius 3 is 2.59 bits per heavy atom. The van der Waals surface area contributed by atoms with Crippen molar-refractivity contribution in [1.82, 2.24) is 29.4 Å². The number of benzene rings is 1. The Bertz CT molecular complexity index is 1510. The van der Waals surface area contributed by atoms with Crippen LogP contribution in [0.5, 0.6) is 0 Å². The second-order valence-corrected chi connectivity index (χ2v) is 11.1. The molecule has 2 aliphatic rings. The van der Waals surface area contributed by atoms with Crippen LogP contribution in [-0.4, -0.2) is 55.7 Å². The molecule has 0 saturated carbocycles. The first-order chi connectivity index (χ1) is 18.7. The Morgan fingerprint density at radius 2 is 1.87 bits per heavy atom. The molecule has 0 amide bonds. The number of fused-ring (bicyclic) bond motifs is 1. The van der Waals surface area contributed by atoms with Crippen LogP contribution in [0.2, 0.25) is 0 Å². The quantitative estimate of drug-likeness (QED) is 0.327. The normalized spacial score (nSPS) is 20.5. The predicted molar refractivity (Wildman–Crippen MR) is 146 cm³/mol. The fourth-order valence-corrected chi connectivity index (χ4v) is 6.01. The first-order valence-corrected chi connectivity index (χ1v) is 13.5. The molecule has 1 spiro atoms. The fourth-order valence-electron chi connectivity index (χ4n) is 6.01. The molecule has 4 aromatic rings. The number of ether oxygens (including phenoxy) is 1. The molecule has 1 unspecified atom stereocenters. The van der Waals surface area contributed by atoms with Crippen LogP contribution < -0.4 is 5.32 Å². The van der Waals surface area contributed by atoms with Gasteiger partial charge in [0.15, 0.2) is 11.6 Å². The third kappa shape index (κ3) is 4.76. The van der Waals surface area contributed by atoms with Gasteiger partial charge in [-0.15, -0.1) is 0 Å². The molecule has 6 rings (SSSR count). The summed E-state index contributed by atoms with van der Waals surface area (Å²) in [5, 5.41) is 3.06. The molecule has 2 fully saturated rings. The molecule has 5 heterocycles. The molecule has 8 nitrogen and oxygen atoms in total. The number of likely N-dealkylation sites (tertiary alicyclic amines) is 1. The Hall–Kier alpha value is -3.50. The van der Waals surface area contributed by atoms with Gasteiger partial charge in [0.25, 0.3) is 0 Å². The number of nitrogens with one attached hydrogen (secondary N) is 1. The number of halogens is 2. The third-order valence-corrected chi connectivity index (χ3v) is 8.17. The van der Waals surface area contributed by atoms with Crippen molar-refractivity contribution in [3.05, 3.63) is 59.7 Å². The average Bonchev–Trinajstić information content (AvgIpc) is 3.64. The Balaban J connectivity index is 1.22. The number of imidazole rings is 1. The van der Waals surface area contributed by atoms with Crippen molar-refractivity contribution in [3.63, 3.8) is 0 Å². The number of nitrogens with zero attached hydrogens (tertiary/aromatic N) is 6. The standard InChI is InChI=1S/C29H33F2N7O/c1-17(2)38-19(4)34-27-22(30)11-21(12-24(27)38)26-23(31)14-33-28(36-26)35-25-6-5-20(13-32-25)18(3)37-9-7-29(15-37)8-10-39-16-29/h5-6,11-14,17-18H,7-10,15-16H2,1-4H3,(H,32,33,35,36)/t18-,29?/m1/s1. The summed E-state index contributed by atoms with van der Waals surface area (Å²) < 4.78 is 37.5. The van der Waals surface area contributed by atoms with Gasteiger partial charge >= 0.3 is 0 Å². The van der Waals surface area contributed by atoms with E-state index in [4.69, 9.17) is 4.74 Å². The molecule has 2 aliphatic heterocycles. The highest BCUT2D eigenvalue weighted by Crippen LogP contribution is 2.41. The van der Waals surface area contributed by atoms with Crippen molar-refractivity contribution < 1.29 is 13.5 Å². The minimum absolute atomic E-state index is 0.00607. The summed E-state index contributed by atoms with van der Waals surface area (Å²) in [6.45, 7) is 11.9. The maximum atomic E-state index is 15.0. The van der Waals surface area contributed by atoms with E-state index < -0.39 is 11.6 Å². The highest BCUT2D eigenvalue weighted by Gasteiger charge is 2.42. The van der Waals surface area contributed by atoms with Gasteiger partial charge in [0.1, 0.15) is 22.9 Å². The summed E-state index contributed by atoms with van der Waals surface area (Å²) in [6.07, 6.45) is 5.25. The smallest absolute Gasteiger partial charge is 0.229 e. The molecule has 0 radical (unpaired) electrons. The number of aryl methyl sites for hydroxylation is 1. The minimum atomic E-state index is -0.639. The fraction of sp³-hybridized carbons (Fsp3) is 0.448. The van der Waals surface area contributed by atoms with E-state index in [0.29, 0.717) is 28.1 Å². The topological polar surface area (TPSA) is 81.0 Å². The molecule has 39 heavy (non-hydrogen) atoms.